The monoisotopic (exact) mass is 464 g/mol. The van der Waals surface area contributed by atoms with Crippen molar-refractivity contribution < 1.29 is 21.6 Å². The van der Waals surface area contributed by atoms with E-state index in [4.69, 9.17) is 23.2 Å². The van der Waals surface area contributed by atoms with Gasteiger partial charge in [-0.05, 0) is 24.3 Å². The smallest absolute Gasteiger partial charge is 0.309 e. The van der Waals surface area contributed by atoms with Gasteiger partial charge in [0.2, 0.25) is 0 Å². The molecule has 0 fully saturated rings. The summed E-state index contributed by atoms with van der Waals surface area (Å²) in [5.41, 5.74) is -0.853. The van der Waals surface area contributed by atoms with Crippen LogP contribution in [0.3, 0.4) is 0 Å². The molecule has 154 valence electrons. The highest BCUT2D eigenvalue weighted by atomic mass is 35.5. The lowest BCUT2D eigenvalue weighted by atomic mass is 10.2. The number of nitrogens with zero attached hydrogens (tertiary/aromatic N) is 4. The molecule has 0 saturated heterocycles. The molecule has 0 saturated carbocycles. The van der Waals surface area contributed by atoms with Gasteiger partial charge in [0.25, 0.3) is 0 Å². The molecular formula is C17H13Cl2F3N4O2S. The minimum atomic E-state index is -4.74. The predicted octanol–water partition coefficient (Wildman–Crippen LogP) is 4.66. The van der Waals surface area contributed by atoms with E-state index in [1.54, 1.807) is 18.2 Å². The molecule has 0 radical (unpaired) electrons. The third kappa shape index (κ3) is 4.10. The zero-order chi connectivity index (χ0) is 21.6. The molecule has 2 aromatic heterocycles. The molecule has 0 aliphatic rings. The maximum Gasteiger partial charge on any atom is 0.417 e. The van der Waals surface area contributed by atoms with Crippen molar-refractivity contribution in [3.05, 3.63) is 46.1 Å². The number of alkyl halides is 3. The average Bonchev–Trinajstić information content (AvgIpc) is 3.04. The molecule has 0 amide bonds. The van der Waals surface area contributed by atoms with Crippen molar-refractivity contribution in [3.8, 4) is 22.9 Å². The topological polar surface area (TPSA) is 77.7 Å². The highest BCUT2D eigenvalue weighted by Crippen LogP contribution is 2.35. The van der Waals surface area contributed by atoms with E-state index in [1.807, 2.05) is 0 Å². The molecular weight excluding hydrogens is 452 g/mol. The second-order valence-corrected chi connectivity index (χ2v) is 9.07. The Labute approximate surface area is 174 Å². The lowest BCUT2D eigenvalue weighted by Crippen LogP contribution is -2.13. The molecule has 3 rings (SSSR count). The number of pyridine rings is 1. The lowest BCUT2D eigenvalue weighted by Gasteiger charge is -2.12. The normalized spacial score (nSPS) is 12.4. The fourth-order valence-electron chi connectivity index (χ4n) is 2.58. The van der Waals surface area contributed by atoms with Crippen LogP contribution >= 0.6 is 23.2 Å². The van der Waals surface area contributed by atoms with Gasteiger partial charge in [0.15, 0.2) is 21.5 Å². The van der Waals surface area contributed by atoms with Crippen molar-refractivity contribution in [2.45, 2.75) is 18.0 Å². The van der Waals surface area contributed by atoms with Gasteiger partial charge in [-0.1, -0.05) is 30.1 Å². The van der Waals surface area contributed by atoms with Crippen LogP contribution in [-0.4, -0.2) is 33.9 Å². The Morgan fingerprint density at radius 3 is 2.31 bits per heavy atom. The fourth-order valence-corrected chi connectivity index (χ4v) is 3.94. The van der Waals surface area contributed by atoms with Crippen LogP contribution in [0.5, 0.6) is 0 Å². The first-order chi connectivity index (χ1) is 13.5. The maximum absolute atomic E-state index is 13.1. The molecule has 0 bridgehead atoms. The van der Waals surface area contributed by atoms with Gasteiger partial charge in [-0.15, -0.1) is 10.2 Å². The SMILES string of the molecule is CCS(=O)(=O)c1cc(C(F)(F)F)cnc1-c1nnc(-c2ccc(Cl)c(Cl)c2)n1C. The van der Waals surface area contributed by atoms with E-state index >= 15 is 0 Å². The van der Waals surface area contributed by atoms with E-state index in [-0.39, 0.29) is 16.5 Å². The summed E-state index contributed by atoms with van der Waals surface area (Å²) in [6, 6.07) is 5.29. The Balaban J connectivity index is 2.21. The summed E-state index contributed by atoms with van der Waals surface area (Å²) in [6.45, 7) is 1.33. The third-order valence-corrected chi connectivity index (χ3v) is 6.64. The van der Waals surface area contributed by atoms with Gasteiger partial charge in [0, 0.05) is 18.8 Å². The Bertz CT molecular complexity index is 1190. The molecule has 1 aromatic carbocycles. The second kappa shape index (κ2) is 7.58. The molecule has 0 spiro atoms. The summed E-state index contributed by atoms with van der Waals surface area (Å²) >= 11 is 11.9. The maximum atomic E-state index is 13.1. The van der Waals surface area contributed by atoms with Crippen molar-refractivity contribution in [2.75, 3.05) is 5.75 Å². The molecule has 0 aliphatic heterocycles. The Morgan fingerprint density at radius 1 is 1.07 bits per heavy atom. The van der Waals surface area contributed by atoms with Crippen molar-refractivity contribution in [2.24, 2.45) is 7.05 Å². The third-order valence-electron chi connectivity index (χ3n) is 4.16. The van der Waals surface area contributed by atoms with Gasteiger partial charge in [-0.3, -0.25) is 4.98 Å². The number of hydrogen-bond donors (Lipinski definition) is 0. The van der Waals surface area contributed by atoms with E-state index in [2.05, 4.69) is 15.2 Å². The van der Waals surface area contributed by atoms with Crippen molar-refractivity contribution in [1.29, 1.82) is 0 Å². The Kier molecular flexibility index (Phi) is 5.63. The summed E-state index contributed by atoms with van der Waals surface area (Å²) in [7, 11) is -2.49. The van der Waals surface area contributed by atoms with Gasteiger partial charge < -0.3 is 4.57 Å². The fraction of sp³-hybridized carbons (Fsp3) is 0.235. The first kappa shape index (κ1) is 21.5. The number of benzene rings is 1. The molecule has 2 heterocycles. The predicted molar refractivity (Wildman–Crippen MR) is 102 cm³/mol. The van der Waals surface area contributed by atoms with Gasteiger partial charge in [-0.25, -0.2) is 8.42 Å². The molecule has 0 atom stereocenters. The number of halogens is 5. The number of aromatic nitrogens is 4. The van der Waals surface area contributed by atoms with Crippen LogP contribution in [0.1, 0.15) is 12.5 Å². The zero-order valence-corrected chi connectivity index (χ0v) is 17.3. The minimum Gasteiger partial charge on any atom is -0.309 e. The second-order valence-electron chi connectivity index (χ2n) is 6.01. The van der Waals surface area contributed by atoms with Crippen LogP contribution < -0.4 is 0 Å². The first-order valence-electron chi connectivity index (χ1n) is 8.11. The summed E-state index contributed by atoms with van der Waals surface area (Å²) in [5.74, 6) is -0.104. The highest BCUT2D eigenvalue weighted by Gasteiger charge is 2.34. The Hall–Kier alpha value is -2.17. The zero-order valence-electron chi connectivity index (χ0n) is 15.0. The van der Waals surface area contributed by atoms with Crippen molar-refractivity contribution >= 4 is 33.0 Å². The summed E-state index contributed by atoms with van der Waals surface area (Å²) in [4.78, 5) is 3.20. The van der Waals surface area contributed by atoms with Crippen LogP contribution in [0, 0.1) is 0 Å². The van der Waals surface area contributed by atoms with Crippen molar-refractivity contribution in [1.82, 2.24) is 19.7 Å². The van der Waals surface area contributed by atoms with Crippen LogP contribution in [0.2, 0.25) is 10.0 Å². The molecule has 12 heteroatoms. The van der Waals surface area contributed by atoms with E-state index in [0.717, 1.165) is 0 Å². The lowest BCUT2D eigenvalue weighted by molar-refractivity contribution is -0.138. The van der Waals surface area contributed by atoms with Crippen molar-refractivity contribution in [3.63, 3.8) is 0 Å². The molecule has 3 aromatic rings. The van der Waals surface area contributed by atoms with Crippen LogP contribution in [0.15, 0.2) is 35.4 Å². The Morgan fingerprint density at radius 2 is 1.72 bits per heavy atom. The van der Waals surface area contributed by atoms with E-state index < -0.39 is 32.2 Å². The molecule has 6 nitrogen and oxygen atoms in total. The van der Waals surface area contributed by atoms with Gasteiger partial charge >= 0.3 is 6.18 Å². The molecule has 0 N–H and O–H groups in total. The molecule has 29 heavy (non-hydrogen) atoms. The van der Waals surface area contributed by atoms with Gasteiger partial charge in [0.05, 0.1) is 26.3 Å². The summed E-state index contributed by atoms with van der Waals surface area (Å²) in [6.07, 6.45) is -4.17. The van der Waals surface area contributed by atoms with Gasteiger partial charge in [0.1, 0.15) is 5.69 Å². The number of rotatable bonds is 4. The summed E-state index contributed by atoms with van der Waals surface area (Å²) < 4.78 is 65.5. The average molecular weight is 465 g/mol. The number of sulfone groups is 1. The van der Waals surface area contributed by atoms with Crippen LogP contribution in [0.25, 0.3) is 22.9 Å². The van der Waals surface area contributed by atoms with E-state index in [0.29, 0.717) is 28.7 Å². The first-order valence-corrected chi connectivity index (χ1v) is 10.5. The number of hydrogen-bond acceptors (Lipinski definition) is 5. The highest BCUT2D eigenvalue weighted by molar-refractivity contribution is 7.91. The quantitative estimate of drug-likeness (QED) is 0.560. The standard InChI is InChI=1S/C17H13Cl2F3N4O2S/c1-3-29(27,28)13-7-10(17(20,21)22)8-23-14(13)16-25-24-15(26(16)2)9-4-5-11(18)12(19)6-9/h4-8H,3H2,1-2H3. The van der Waals surface area contributed by atoms with Crippen LogP contribution in [-0.2, 0) is 23.1 Å². The van der Waals surface area contributed by atoms with Gasteiger partial charge in [-0.2, -0.15) is 13.2 Å². The molecule has 0 unspecified atom stereocenters. The summed E-state index contributed by atoms with van der Waals surface area (Å²) in [5, 5.41) is 8.56. The van der Waals surface area contributed by atoms with Crippen LogP contribution in [0.4, 0.5) is 13.2 Å². The van der Waals surface area contributed by atoms with E-state index in [9.17, 15) is 21.6 Å². The largest absolute Gasteiger partial charge is 0.417 e. The molecule has 0 aliphatic carbocycles. The minimum absolute atomic E-state index is 0.00757. The van der Waals surface area contributed by atoms with E-state index in [1.165, 1.54) is 18.5 Å².